The molecule has 0 radical (unpaired) electrons. The van der Waals surface area contributed by atoms with Gasteiger partial charge in [-0.15, -0.1) is 11.3 Å². The average Bonchev–Trinajstić information content (AvgIpc) is 3.34. The molecule has 1 N–H and O–H groups in total. The van der Waals surface area contributed by atoms with Gasteiger partial charge in [0.25, 0.3) is 0 Å². The number of rotatable bonds is 8. The summed E-state index contributed by atoms with van der Waals surface area (Å²) < 4.78 is 49.1. The first kappa shape index (κ1) is 20.2. The van der Waals surface area contributed by atoms with E-state index in [0.717, 1.165) is 17.0 Å². The first-order valence-corrected chi connectivity index (χ1v) is 10.5. The number of ether oxygens (including phenoxy) is 3. The summed E-state index contributed by atoms with van der Waals surface area (Å²) in [6.07, 6.45) is 0. The van der Waals surface area contributed by atoms with E-state index < -0.39 is 10.0 Å². The highest BCUT2D eigenvalue weighted by molar-refractivity contribution is 7.91. The number of aromatic nitrogens is 1. The van der Waals surface area contributed by atoms with Crippen molar-refractivity contribution in [3.8, 4) is 28.6 Å². The summed E-state index contributed by atoms with van der Waals surface area (Å²) >= 11 is 1.11. The molecule has 0 fully saturated rings. The highest BCUT2D eigenvalue weighted by atomic mass is 32.2. The summed E-state index contributed by atoms with van der Waals surface area (Å²) in [6, 6.07) is 6.70. The lowest BCUT2D eigenvalue weighted by molar-refractivity contribution is 0.323. The summed E-state index contributed by atoms with van der Waals surface area (Å²) in [6.45, 7) is 1.86. The van der Waals surface area contributed by atoms with Gasteiger partial charge in [-0.2, -0.15) is 0 Å². The molecule has 0 spiro atoms. The van der Waals surface area contributed by atoms with Crippen LogP contribution < -0.4 is 18.9 Å². The lowest BCUT2D eigenvalue weighted by Gasteiger charge is -2.14. The molecule has 1 aromatic carbocycles. The molecule has 0 aliphatic rings. The monoisotopic (exact) mass is 424 g/mol. The van der Waals surface area contributed by atoms with Gasteiger partial charge in [0, 0.05) is 23.6 Å². The largest absolute Gasteiger partial charge is 0.493 e. The maximum absolute atomic E-state index is 12.7. The van der Waals surface area contributed by atoms with Gasteiger partial charge in [0.15, 0.2) is 17.3 Å². The number of thiophene rings is 1. The van der Waals surface area contributed by atoms with Crippen LogP contribution in [0.5, 0.6) is 17.2 Å². The Hall–Kier alpha value is -2.56. The number of sulfonamides is 1. The van der Waals surface area contributed by atoms with Gasteiger partial charge < -0.3 is 18.7 Å². The van der Waals surface area contributed by atoms with Crippen molar-refractivity contribution in [2.75, 3.05) is 21.3 Å². The fourth-order valence-corrected chi connectivity index (χ4v) is 4.80. The normalized spacial score (nSPS) is 11.4. The van der Waals surface area contributed by atoms with Gasteiger partial charge in [0.1, 0.15) is 4.21 Å². The number of aryl methyl sites for hydroxylation is 1. The van der Waals surface area contributed by atoms with Crippen LogP contribution in [-0.4, -0.2) is 34.9 Å². The first-order valence-electron chi connectivity index (χ1n) is 8.18. The number of benzene rings is 1. The fourth-order valence-electron chi connectivity index (χ4n) is 2.57. The minimum absolute atomic E-state index is 0.0632. The highest BCUT2D eigenvalue weighted by Gasteiger charge is 2.20. The van der Waals surface area contributed by atoms with E-state index in [0.29, 0.717) is 34.1 Å². The van der Waals surface area contributed by atoms with Crippen LogP contribution >= 0.6 is 11.3 Å². The first-order chi connectivity index (χ1) is 13.4. The van der Waals surface area contributed by atoms with E-state index in [4.69, 9.17) is 18.7 Å². The molecule has 0 aliphatic carbocycles. The van der Waals surface area contributed by atoms with Gasteiger partial charge in [-0.3, -0.25) is 0 Å². The zero-order valence-electron chi connectivity index (χ0n) is 15.8. The van der Waals surface area contributed by atoms with Crippen LogP contribution in [0.1, 0.15) is 11.3 Å². The second kappa shape index (κ2) is 8.21. The number of hydrogen-bond donors (Lipinski definition) is 1. The summed E-state index contributed by atoms with van der Waals surface area (Å²) in [5.41, 5.74) is 2.06. The third-order valence-electron chi connectivity index (χ3n) is 3.94. The molecule has 28 heavy (non-hydrogen) atoms. The molecule has 0 amide bonds. The van der Waals surface area contributed by atoms with Crippen molar-refractivity contribution in [3.63, 3.8) is 0 Å². The number of nitrogens with zero attached hydrogens (tertiary/aromatic N) is 1. The topological polar surface area (TPSA) is 99.9 Å². The minimum Gasteiger partial charge on any atom is -0.493 e. The average molecular weight is 425 g/mol. The molecular weight excluding hydrogens is 404 g/mol. The molecule has 3 aromatic rings. The Morgan fingerprint density at radius 3 is 2.29 bits per heavy atom. The Morgan fingerprint density at radius 2 is 1.75 bits per heavy atom. The van der Waals surface area contributed by atoms with Gasteiger partial charge in [0.05, 0.1) is 27.0 Å². The van der Waals surface area contributed by atoms with E-state index in [1.54, 1.807) is 36.6 Å². The van der Waals surface area contributed by atoms with E-state index in [1.807, 2.05) is 0 Å². The van der Waals surface area contributed by atoms with E-state index >= 15 is 0 Å². The SMILES string of the molecule is COc1cc(CNS(=O)(=O)c2cc(-c3cc(C)no3)cs2)cc(OC)c1OC. The van der Waals surface area contributed by atoms with E-state index in [1.165, 1.54) is 21.3 Å². The molecule has 10 heteroatoms. The number of hydrogen-bond acceptors (Lipinski definition) is 8. The van der Waals surface area contributed by atoms with Crippen LogP contribution in [0.25, 0.3) is 11.3 Å². The maximum atomic E-state index is 12.7. The Balaban J connectivity index is 1.79. The van der Waals surface area contributed by atoms with Crippen molar-refractivity contribution < 1.29 is 27.2 Å². The second-order valence-electron chi connectivity index (χ2n) is 5.85. The van der Waals surface area contributed by atoms with Gasteiger partial charge >= 0.3 is 0 Å². The van der Waals surface area contributed by atoms with Crippen molar-refractivity contribution in [2.24, 2.45) is 0 Å². The zero-order valence-corrected chi connectivity index (χ0v) is 17.4. The predicted molar refractivity (Wildman–Crippen MR) is 105 cm³/mol. The van der Waals surface area contributed by atoms with Crippen LogP contribution in [0.3, 0.4) is 0 Å². The van der Waals surface area contributed by atoms with Crippen LogP contribution in [0.4, 0.5) is 0 Å². The highest BCUT2D eigenvalue weighted by Crippen LogP contribution is 2.38. The van der Waals surface area contributed by atoms with E-state index in [-0.39, 0.29) is 10.8 Å². The van der Waals surface area contributed by atoms with Gasteiger partial charge in [-0.05, 0) is 30.7 Å². The Bertz CT molecular complexity index is 1050. The zero-order chi connectivity index (χ0) is 20.3. The van der Waals surface area contributed by atoms with Gasteiger partial charge in [0.2, 0.25) is 15.8 Å². The molecule has 0 saturated carbocycles. The lowest BCUT2D eigenvalue weighted by Crippen LogP contribution is -2.22. The minimum atomic E-state index is -3.70. The van der Waals surface area contributed by atoms with Crippen molar-refractivity contribution in [2.45, 2.75) is 17.7 Å². The van der Waals surface area contributed by atoms with Crippen molar-refractivity contribution in [3.05, 3.63) is 40.9 Å². The molecule has 0 atom stereocenters. The summed E-state index contributed by atoms with van der Waals surface area (Å²) in [7, 11) is 0.814. The molecule has 0 saturated heterocycles. The van der Waals surface area contributed by atoms with Crippen LogP contribution in [0.15, 0.2) is 38.4 Å². The Kier molecular flexibility index (Phi) is 5.92. The van der Waals surface area contributed by atoms with Gasteiger partial charge in [-0.25, -0.2) is 13.1 Å². The summed E-state index contributed by atoms with van der Waals surface area (Å²) in [4.78, 5) is 0. The molecular formula is C18H20N2O6S2. The van der Waals surface area contributed by atoms with E-state index in [2.05, 4.69) is 9.88 Å². The molecule has 2 aromatic heterocycles. The predicted octanol–water partition coefficient (Wildman–Crippen LogP) is 3.22. The fraction of sp³-hybridized carbons (Fsp3) is 0.278. The third kappa shape index (κ3) is 4.13. The quantitative estimate of drug-likeness (QED) is 0.593. The summed E-state index contributed by atoms with van der Waals surface area (Å²) in [5, 5.41) is 5.53. The van der Waals surface area contributed by atoms with Gasteiger partial charge in [-0.1, -0.05) is 5.16 Å². The number of nitrogens with one attached hydrogen (secondary N) is 1. The van der Waals surface area contributed by atoms with Crippen molar-refractivity contribution in [1.82, 2.24) is 9.88 Å². The molecule has 8 nitrogen and oxygen atoms in total. The van der Waals surface area contributed by atoms with Crippen LogP contribution in [0.2, 0.25) is 0 Å². The van der Waals surface area contributed by atoms with E-state index in [9.17, 15) is 8.42 Å². The maximum Gasteiger partial charge on any atom is 0.250 e. The molecule has 2 heterocycles. The molecule has 0 aliphatic heterocycles. The summed E-state index contributed by atoms with van der Waals surface area (Å²) in [5.74, 6) is 1.88. The standard InChI is InChI=1S/C18H20N2O6S2/c1-11-5-14(26-20-11)13-8-17(27-10-13)28(21,22)19-9-12-6-15(23-2)18(25-4)16(7-12)24-3/h5-8,10,19H,9H2,1-4H3. The second-order valence-corrected chi connectivity index (χ2v) is 8.75. The lowest BCUT2D eigenvalue weighted by atomic mass is 10.2. The van der Waals surface area contributed by atoms with Crippen LogP contribution in [0, 0.1) is 6.92 Å². The number of methoxy groups -OCH3 is 3. The third-order valence-corrected chi connectivity index (χ3v) is 6.78. The Labute approximate surface area is 167 Å². The van der Waals surface area contributed by atoms with Crippen molar-refractivity contribution in [1.29, 1.82) is 0 Å². The molecule has 150 valence electrons. The molecule has 0 unspecified atom stereocenters. The Morgan fingerprint density at radius 1 is 1.07 bits per heavy atom. The van der Waals surface area contributed by atoms with Crippen molar-refractivity contribution >= 4 is 21.4 Å². The molecule has 3 rings (SSSR count). The smallest absolute Gasteiger partial charge is 0.250 e. The molecule has 0 bridgehead atoms. The van der Waals surface area contributed by atoms with Crippen LogP contribution in [-0.2, 0) is 16.6 Å².